The van der Waals surface area contributed by atoms with E-state index in [2.05, 4.69) is 5.32 Å². The summed E-state index contributed by atoms with van der Waals surface area (Å²) in [6, 6.07) is 0. The average molecular weight is 288 g/mol. The first kappa shape index (κ1) is 15.7. The minimum Gasteiger partial charge on any atom is -0.449 e. The Morgan fingerprint density at radius 1 is 1.37 bits per heavy atom. The van der Waals surface area contributed by atoms with Crippen LogP contribution in [0.25, 0.3) is 0 Å². The monoisotopic (exact) mass is 288 g/mol. The molecule has 1 aliphatic rings. The molecule has 7 heteroatoms. The molecular formula is C12H20N2O4S. The Hall–Kier alpha value is -1.34. The Balaban J connectivity index is 2.14. The van der Waals surface area contributed by atoms with E-state index in [-0.39, 0.29) is 30.5 Å². The van der Waals surface area contributed by atoms with Gasteiger partial charge in [-0.2, -0.15) is 0 Å². The van der Waals surface area contributed by atoms with E-state index in [9.17, 15) is 13.2 Å². The van der Waals surface area contributed by atoms with Gasteiger partial charge < -0.3 is 15.8 Å². The lowest BCUT2D eigenvalue weighted by molar-refractivity contribution is 0.135. The van der Waals surface area contributed by atoms with E-state index in [4.69, 9.17) is 10.5 Å². The zero-order valence-corrected chi connectivity index (χ0v) is 11.6. The summed E-state index contributed by atoms with van der Waals surface area (Å²) in [6.45, 7) is 0.429. The summed E-state index contributed by atoms with van der Waals surface area (Å²) in [7, 11) is -3.18. The molecular weight excluding hydrogens is 268 g/mol. The van der Waals surface area contributed by atoms with Crippen molar-refractivity contribution in [2.75, 3.05) is 31.2 Å². The van der Waals surface area contributed by atoms with Gasteiger partial charge in [0, 0.05) is 19.0 Å². The molecule has 0 aromatic carbocycles. The van der Waals surface area contributed by atoms with Crippen molar-refractivity contribution in [2.45, 2.75) is 6.42 Å². The first-order chi connectivity index (χ1) is 9.03. The van der Waals surface area contributed by atoms with Gasteiger partial charge in [-0.1, -0.05) is 24.3 Å². The lowest BCUT2D eigenvalue weighted by Crippen LogP contribution is -2.32. The number of nitrogens with one attached hydrogen (secondary N) is 1. The van der Waals surface area contributed by atoms with E-state index in [1.165, 1.54) is 0 Å². The fourth-order valence-corrected chi connectivity index (χ4v) is 2.56. The quantitative estimate of drug-likeness (QED) is 0.698. The number of rotatable bonds is 7. The van der Waals surface area contributed by atoms with Crippen molar-refractivity contribution in [1.29, 1.82) is 0 Å². The van der Waals surface area contributed by atoms with Crippen LogP contribution in [-0.4, -0.2) is 45.7 Å². The molecule has 0 bridgehead atoms. The number of hydrogen-bond donors (Lipinski definition) is 2. The fourth-order valence-electron chi connectivity index (χ4n) is 1.58. The molecule has 1 amide bonds. The molecule has 0 spiro atoms. The largest absolute Gasteiger partial charge is 0.449 e. The second-order valence-electron chi connectivity index (χ2n) is 4.27. The van der Waals surface area contributed by atoms with E-state index < -0.39 is 15.9 Å². The first-order valence-corrected chi connectivity index (χ1v) is 8.00. The molecule has 108 valence electrons. The molecule has 0 aromatic rings. The molecule has 0 saturated heterocycles. The molecule has 0 saturated carbocycles. The van der Waals surface area contributed by atoms with Gasteiger partial charge in [-0.3, -0.25) is 0 Å². The number of hydrogen-bond acceptors (Lipinski definition) is 5. The van der Waals surface area contributed by atoms with Crippen LogP contribution in [-0.2, 0) is 14.6 Å². The van der Waals surface area contributed by atoms with Gasteiger partial charge in [-0.25, -0.2) is 13.2 Å². The van der Waals surface area contributed by atoms with Crippen molar-refractivity contribution < 1.29 is 17.9 Å². The summed E-state index contributed by atoms with van der Waals surface area (Å²) >= 11 is 0. The van der Waals surface area contributed by atoms with Crippen molar-refractivity contribution in [2.24, 2.45) is 11.7 Å². The number of ether oxygens (including phenoxy) is 1. The van der Waals surface area contributed by atoms with Crippen molar-refractivity contribution in [3.05, 3.63) is 24.3 Å². The van der Waals surface area contributed by atoms with Crippen LogP contribution < -0.4 is 11.1 Å². The van der Waals surface area contributed by atoms with Crippen molar-refractivity contribution >= 4 is 15.9 Å². The smallest absolute Gasteiger partial charge is 0.407 e. The highest BCUT2D eigenvalue weighted by Gasteiger charge is 2.12. The maximum absolute atomic E-state index is 11.3. The van der Waals surface area contributed by atoms with Crippen molar-refractivity contribution in [3.8, 4) is 0 Å². The van der Waals surface area contributed by atoms with Crippen LogP contribution in [0.1, 0.15) is 6.42 Å². The van der Waals surface area contributed by atoms with Gasteiger partial charge >= 0.3 is 6.09 Å². The van der Waals surface area contributed by atoms with E-state index in [0.717, 1.165) is 6.42 Å². The number of carbonyl (C=O) groups excluding carboxylic acids is 1. The zero-order valence-electron chi connectivity index (χ0n) is 10.7. The van der Waals surface area contributed by atoms with E-state index in [1.807, 2.05) is 24.3 Å². The molecule has 0 aromatic heterocycles. The van der Waals surface area contributed by atoms with Gasteiger partial charge in [0.2, 0.25) is 0 Å². The van der Waals surface area contributed by atoms with Gasteiger partial charge in [0.25, 0.3) is 0 Å². The lowest BCUT2D eigenvalue weighted by Gasteiger charge is -2.13. The molecule has 0 fully saturated rings. The van der Waals surface area contributed by atoms with E-state index in [1.54, 1.807) is 0 Å². The van der Waals surface area contributed by atoms with Gasteiger partial charge in [-0.05, 0) is 6.42 Å². The van der Waals surface area contributed by atoms with Gasteiger partial charge in [-0.15, -0.1) is 0 Å². The molecule has 1 unspecified atom stereocenters. The molecule has 19 heavy (non-hydrogen) atoms. The number of carbonyl (C=O) groups is 1. The van der Waals surface area contributed by atoms with Crippen LogP contribution in [0.2, 0.25) is 0 Å². The van der Waals surface area contributed by atoms with Crippen LogP contribution >= 0.6 is 0 Å². The third-order valence-corrected chi connectivity index (χ3v) is 4.29. The molecule has 0 aliphatic heterocycles. The molecule has 0 heterocycles. The second-order valence-corrected chi connectivity index (χ2v) is 6.58. The number of nitrogens with two attached hydrogens (primary N) is 1. The normalized spacial score (nSPS) is 18.3. The highest BCUT2D eigenvalue weighted by Crippen LogP contribution is 2.11. The highest BCUT2D eigenvalue weighted by molar-refractivity contribution is 7.91. The Bertz CT molecular complexity index is 443. The SMILES string of the molecule is NCCS(=O)(=O)CCNC(=O)OCC1C=CC=CC1. The molecule has 6 nitrogen and oxygen atoms in total. The summed E-state index contributed by atoms with van der Waals surface area (Å²) in [4.78, 5) is 11.3. The number of sulfone groups is 1. The Morgan fingerprint density at radius 2 is 2.16 bits per heavy atom. The maximum atomic E-state index is 11.3. The third-order valence-electron chi connectivity index (χ3n) is 2.61. The van der Waals surface area contributed by atoms with Crippen LogP contribution in [0.15, 0.2) is 24.3 Å². The summed E-state index contributed by atoms with van der Waals surface area (Å²) in [5.74, 6) is 0.00520. The van der Waals surface area contributed by atoms with Crippen LogP contribution in [0, 0.1) is 5.92 Å². The molecule has 3 N–H and O–H groups in total. The maximum Gasteiger partial charge on any atom is 0.407 e. The molecule has 0 radical (unpaired) electrons. The Labute approximate surface area is 113 Å². The minimum atomic E-state index is -3.18. The predicted octanol–water partition coefficient (Wildman–Crippen LogP) is 0.218. The summed E-state index contributed by atoms with van der Waals surface area (Å²) < 4.78 is 27.7. The van der Waals surface area contributed by atoms with Crippen LogP contribution in [0.5, 0.6) is 0 Å². The van der Waals surface area contributed by atoms with E-state index >= 15 is 0 Å². The first-order valence-electron chi connectivity index (χ1n) is 6.18. The summed E-state index contributed by atoms with van der Waals surface area (Å²) in [5.41, 5.74) is 5.17. The van der Waals surface area contributed by atoms with Crippen molar-refractivity contribution in [1.82, 2.24) is 5.32 Å². The van der Waals surface area contributed by atoms with Crippen LogP contribution in [0.3, 0.4) is 0 Å². The molecule has 1 rings (SSSR count). The fraction of sp³-hybridized carbons (Fsp3) is 0.583. The van der Waals surface area contributed by atoms with Crippen LogP contribution in [0.4, 0.5) is 4.79 Å². The van der Waals surface area contributed by atoms with E-state index in [0.29, 0.717) is 6.61 Å². The summed E-state index contributed by atoms with van der Waals surface area (Å²) in [6.07, 6.45) is 8.08. The molecule has 1 aliphatic carbocycles. The Morgan fingerprint density at radius 3 is 2.79 bits per heavy atom. The third kappa shape index (κ3) is 6.97. The summed E-state index contributed by atoms with van der Waals surface area (Å²) in [5, 5.41) is 2.41. The minimum absolute atomic E-state index is 0.0432. The topological polar surface area (TPSA) is 98.5 Å². The second kappa shape index (κ2) is 7.96. The zero-order chi connectivity index (χ0) is 14.1. The van der Waals surface area contributed by atoms with Gasteiger partial charge in [0.1, 0.15) is 0 Å². The highest BCUT2D eigenvalue weighted by atomic mass is 32.2. The number of alkyl carbamates (subject to hydrolysis) is 1. The Kier molecular flexibility index (Phi) is 6.58. The lowest BCUT2D eigenvalue weighted by atomic mass is 10.0. The number of allylic oxidation sites excluding steroid dienone is 3. The predicted molar refractivity (Wildman–Crippen MR) is 73.4 cm³/mol. The average Bonchev–Trinajstić information content (AvgIpc) is 2.37. The standard InChI is InChI=1S/C12H20N2O4S/c13-6-8-19(16,17)9-7-14-12(15)18-10-11-4-2-1-3-5-11/h1-4,11H,5-10,13H2,(H,14,15). The van der Waals surface area contributed by atoms with Gasteiger partial charge in [0.05, 0.1) is 18.1 Å². The number of amides is 1. The van der Waals surface area contributed by atoms with Gasteiger partial charge in [0.15, 0.2) is 9.84 Å². The van der Waals surface area contributed by atoms with Crippen molar-refractivity contribution in [3.63, 3.8) is 0 Å². The molecule has 1 atom stereocenters.